The predicted octanol–water partition coefficient (Wildman–Crippen LogP) is 0.612. The van der Waals surface area contributed by atoms with Crippen LogP contribution in [0.15, 0.2) is 0 Å². The van der Waals surface area contributed by atoms with Gasteiger partial charge in [-0.15, -0.1) is 0 Å². The third-order valence-electron chi connectivity index (χ3n) is 5.33. The van der Waals surface area contributed by atoms with E-state index in [1.807, 2.05) is 23.6 Å². The molecule has 2 aliphatic rings. The van der Waals surface area contributed by atoms with Crippen LogP contribution in [0.4, 0.5) is 0 Å². The fraction of sp³-hybridized carbons (Fsp3) is 0.833. The number of rotatable bonds is 5. The SMILES string of the molecule is CC(C)C(C)(C#N)NC(=O)CN1CCCC(C(=O)N2CCOCC2)C1. The number of likely N-dealkylation sites (tertiary alicyclic amines) is 1. The Morgan fingerprint density at radius 1 is 1.32 bits per heavy atom. The summed E-state index contributed by atoms with van der Waals surface area (Å²) in [5.74, 6) is 0.000208. The highest BCUT2D eigenvalue weighted by atomic mass is 16.5. The number of carbonyl (C=O) groups is 2. The molecule has 0 aromatic heterocycles. The molecule has 0 aromatic carbocycles. The fourth-order valence-corrected chi connectivity index (χ4v) is 3.28. The summed E-state index contributed by atoms with van der Waals surface area (Å²) in [7, 11) is 0. The maximum Gasteiger partial charge on any atom is 0.235 e. The van der Waals surface area contributed by atoms with Crippen molar-refractivity contribution >= 4 is 11.8 Å². The molecule has 25 heavy (non-hydrogen) atoms. The number of nitriles is 1. The number of hydrogen-bond acceptors (Lipinski definition) is 5. The van der Waals surface area contributed by atoms with Crippen molar-refractivity contribution in [2.24, 2.45) is 11.8 Å². The number of hydrogen-bond donors (Lipinski definition) is 1. The van der Waals surface area contributed by atoms with E-state index in [2.05, 4.69) is 11.4 Å². The van der Waals surface area contributed by atoms with Crippen LogP contribution in [-0.2, 0) is 14.3 Å². The number of amides is 2. The molecule has 2 saturated heterocycles. The van der Waals surface area contributed by atoms with Crippen molar-refractivity contribution in [1.29, 1.82) is 5.26 Å². The Balaban J connectivity index is 1.87. The first-order chi connectivity index (χ1) is 11.9. The minimum atomic E-state index is -0.865. The summed E-state index contributed by atoms with van der Waals surface area (Å²) in [6, 6.07) is 2.19. The monoisotopic (exact) mass is 350 g/mol. The number of nitrogens with zero attached hydrogens (tertiary/aromatic N) is 3. The molecule has 2 atom stereocenters. The van der Waals surface area contributed by atoms with Crippen molar-refractivity contribution in [3.63, 3.8) is 0 Å². The van der Waals surface area contributed by atoms with Crippen LogP contribution in [0.3, 0.4) is 0 Å². The summed E-state index contributed by atoms with van der Waals surface area (Å²) >= 11 is 0. The second-order valence-corrected chi connectivity index (χ2v) is 7.53. The van der Waals surface area contributed by atoms with Crippen molar-refractivity contribution in [1.82, 2.24) is 15.1 Å². The van der Waals surface area contributed by atoms with Gasteiger partial charge in [0, 0.05) is 19.6 Å². The number of ether oxygens (including phenoxy) is 1. The van der Waals surface area contributed by atoms with Gasteiger partial charge in [0.1, 0.15) is 5.54 Å². The first-order valence-electron chi connectivity index (χ1n) is 9.17. The molecule has 0 aliphatic carbocycles. The van der Waals surface area contributed by atoms with Crippen LogP contribution in [0.2, 0.25) is 0 Å². The fourth-order valence-electron chi connectivity index (χ4n) is 3.28. The molecule has 0 radical (unpaired) electrons. The lowest BCUT2D eigenvalue weighted by Gasteiger charge is -2.36. The molecule has 140 valence electrons. The van der Waals surface area contributed by atoms with Gasteiger partial charge in [0.05, 0.1) is 31.7 Å². The molecular weight excluding hydrogens is 320 g/mol. The maximum atomic E-state index is 12.6. The zero-order chi connectivity index (χ0) is 18.4. The van der Waals surface area contributed by atoms with Gasteiger partial charge in [-0.25, -0.2) is 0 Å². The summed E-state index contributed by atoms with van der Waals surface area (Å²) in [5, 5.41) is 12.2. The molecule has 0 bridgehead atoms. The number of nitrogens with one attached hydrogen (secondary N) is 1. The lowest BCUT2D eigenvalue weighted by Crippen LogP contribution is -2.54. The standard InChI is InChI=1S/C18H30N4O3/c1-14(2)18(3,13-19)20-16(23)12-21-6-4-5-15(11-21)17(24)22-7-9-25-10-8-22/h14-15H,4-12H2,1-3H3,(H,20,23). The van der Waals surface area contributed by atoms with Crippen LogP contribution in [0.25, 0.3) is 0 Å². The molecular formula is C18H30N4O3. The first-order valence-corrected chi connectivity index (χ1v) is 9.17. The van der Waals surface area contributed by atoms with Crippen LogP contribution in [0.5, 0.6) is 0 Å². The first kappa shape index (κ1) is 19.7. The zero-order valence-electron chi connectivity index (χ0n) is 15.6. The average molecular weight is 350 g/mol. The normalized spacial score (nSPS) is 24.4. The number of morpholine rings is 1. The Bertz CT molecular complexity index is 525. The van der Waals surface area contributed by atoms with Crippen molar-refractivity contribution in [2.75, 3.05) is 45.9 Å². The van der Waals surface area contributed by atoms with Crippen LogP contribution < -0.4 is 5.32 Å². The van der Waals surface area contributed by atoms with E-state index in [0.29, 0.717) is 32.8 Å². The second-order valence-electron chi connectivity index (χ2n) is 7.53. The van der Waals surface area contributed by atoms with Crippen LogP contribution in [0, 0.1) is 23.2 Å². The van der Waals surface area contributed by atoms with Gasteiger partial charge >= 0.3 is 0 Å². The van der Waals surface area contributed by atoms with Crippen molar-refractivity contribution in [2.45, 2.75) is 39.2 Å². The van der Waals surface area contributed by atoms with E-state index in [4.69, 9.17) is 4.74 Å². The van der Waals surface area contributed by atoms with E-state index < -0.39 is 5.54 Å². The molecule has 2 unspecified atom stereocenters. The minimum Gasteiger partial charge on any atom is -0.378 e. The summed E-state index contributed by atoms with van der Waals surface area (Å²) < 4.78 is 5.30. The molecule has 0 aromatic rings. The van der Waals surface area contributed by atoms with Crippen molar-refractivity contribution in [3.05, 3.63) is 0 Å². The van der Waals surface area contributed by atoms with Gasteiger partial charge in [-0.2, -0.15) is 5.26 Å². The highest BCUT2D eigenvalue weighted by Crippen LogP contribution is 2.20. The van der Waals surface area contributed by atoms with E-state index in [0.717, 1.165) is 19.4 Å². The molecule has 2 amide bonds. The highest BCUT2D eigenvalue weighted by molar-refractivity contribution is 5.80. The largest absolute Gasteiger partial charge is 0.378 e. The van der Waals surface area contributed by atoms with E-state index in [-0.39, 0.29) is 30.2 Å². The number of carbonyl (C=O) groups excluding carboxylic acids is 2. The summed E-state index contributed by atoms with van der Waals surface area (Å²) in [6.07, 6.45) is 1.78. The van der Waals surface area contributed by atoms with Crippen LogP contribution in [0.1, 0.15) is 33.6 Å². The maximum absolute atomic E-state index is 12.6. The predicted molar refractivity (Wildman–Crippen MR) is 93.6 cm³/mol. The van der Waals surface area contributed by atoms with Gasteiger partial charge in [-0.05, 0) is 32.2 Å². The molecule has 7 nitrogen and oxygen atoms in total. The van der Waals surface area contributed by atoms with E-state index in [1.165, 1.54) is 0 Å². The molecule has 1 N–H and O–H groups in total. The van der Waals surface area contributed by atoms with Gasteiger partial charge in [-0.1, -0.05) is 13.8 Å². The lowest BCUT2D eigenvalue weighted by atomic mass is 9.90. The second kappa shape index (κ2) is 8.63. The van der Waals surface area contributed by atoms with Gasteiger partial charge in [-0.3, -0.25) is 14.5 Å². The molecule has 0 saturated carbocycles. The molecule has 0 spiro atoms. The molecule has 2 heterocycles. The van der Waals surface area contributed by atoms with Gasteiger partial charge in [0.2, 0.25) is 11.8 Å². The summed E-state index contributed by atoms with van der Waals surface area (Å²) in [4.78, 5) is 28.9. The third kappa shape index (κ3) is 5.16. The lowest BCUT2D eigenvalue weighted by molar-refractivity contribution is -0.142. The molecule has 2 fully saturated rings. The van der Waals surface area contributed by atoms with Crippen molar-refractivity contribution in [3.8, 4) is 6.07 Å². The Morgan fingerprint density at radius 3 is 2.60 bits per heavy atom. The zero-order valence-corrected chi connectivity index (χ0v) is 15.6. The number of piperidine rings is 1. The molecule has 2 rings (SSSR count). The smallest absolute Gasteiger partial charge is 0.235 e. The van der Waals surface area contributed by atoms with Crippen LogP contribution >= 0.6 is 0 Å². The minimum absolute atomic E-state index is 0.0263. The van der Waals surface area contributed by atoms with Gasteiger partial charge in [0.15, 0.2) is 0 Å². The molecule has 7 heteroatoms. The molecule has 2 aliphatic heterocycles. The van der Waals surface area contributed by atoms with E-state index in [9.17, 15) is 14.9 Å². The van der Waals surface area contributed by atoms with Crippen LogP contribution in [-0.4, -0.2) is 73.1 Å². The summed E-state index contributed by atoms with van der Waals surface area (Å²) in [5.41, 5.74) is -0.865. The highest BCUT2D eigenvalue weighted by Gasteiger charge is 2.33. The van der Waals surface area contributed by atoms with E-state index >= 15 is 0 Å². The van der Waals surface area contributed by atoms with Crippen molar-refractivity contribution < 1.29 is 14.3 Å². The topological polar surface area (TPSA) is 85.7 Å². The van der Waals surface area contributed by atoms with E-state index in [1.54, 1.807) is 6.92 Å². The quantitative estimate of drug-likeness (QED) is 0.785. The average Bonchev–Trinajstić information content (AvgIpc) is 2.61. The Morgan fingerprint density at radius 2 is 2.00 bits per heavy atom. The Labute approximate surface area is 150 Å². The Hall–Kier alpha value is -1.65. The summed E-state index contributed by atoms with van der Waals surface area (Å²) in [6.45, 7) is 9.75. The van der Waals surface area contributed by atoms with Gasteiger partial charge < -0.3 is 15.0 Å². The Kier molecular flexibility index (Phi) is 6.79. The third-order valence-corrected chi connectivity index (χ3v) is 5.33. The van der Waals surface area contributed by atoms with Gasteiger partial charge in [0.25, 0.3) is 0 Å².